The van der Waals surface area contributed by atoms with Gasteiger partial charge in [-0.05, 0) is 36.4 Å². The van der Waals surface area contributed by atoms with Crippen LogP contribution in [-0.4, -0.2) is 25.1 Å². The van der Waals surface area contributed by atoms with Crippen molar-refractivity contribution in [2.45, 2.75) is 10.9 Å². The van der Waals surface area contributed by atoms with Gasteiger partial charge in [-0.1, -0.05) is 57.0 Å². The molecule has 11 heteroatoms. The number of benzene rings is 2. The molecule has 0 spiro atoms. The lowest BCUT2D eigenvalue weighted by Crippen LogP contribution is -2.11. The average molecular weight is 498 g/mol. The molecule has 0 unspecified atom stereocenters. The molecule has 2 aromatic heterocycles. The van der Waals surface area contributed by atoms with Crippen LogP contribution in [0.25, 0.3) is 22.8 Å². The topological polar surface area (TPSA) is 95.7 Å². The zero-order valence-corrected chi connectivity index (χ0v) is 17.9. The smallest absolute Gasteiger partial charge is 0.247 e. The van der Waals surface area contributed by atoms with Crippen LogP contribution in [0.4, 0.5) is 0 Å². The minimum Gasteiger partial charge on any atom is -0.420 e. The summed E-state index contributed by atoms with van der Waals surface area (Å²) >= 11 is 16.9. The van der Waals surface area contributed by atoms with Gasteiger partial charge in [0.1, 0.15) is 0 Å². The number of rotatable bonds is 5. The number of halogens is 3. The van der Waals surface area contributed by atoms with E-state index in [1.807, 2.05) is 24.3 Å². The van der Waals surface area contributed by atoms with Gasteiger partial charge >= 0.3 is 0 Å². The third kappa shape index (κ3) is 4.02. The number of hydrogen-bond acceptors (Lipinski definition) is 7. The molecule has 28 heavy (non-hydrogen) atoms. The molecule has 2 aromatic carbocycles. The number of nitrogens with zero attached hydrogens (tertiary/aromatic N) is 5. The van der Waals surface area contributed by atoms with Crippen molar-refractivity contribution < 1.29 is 4.42 Å². The van der Waals surface area contributed by atoms with Gasteiger partial charge in [-0.25, -0.2) is 4.68 Å². The van der Waals surface area contributed by atoms with Gasteiger partial charge in [-0.15, -0.1) is 20.4 Å². The maximum absolute atomic E-state index is 6.23. The van der Waals surface area contributed by atoms with Gasteiger partial charge in [0.05, 0.1) is 10.8 Å². The Morgan fingerprint density at radius 1 is 1.07 bits per heavy atom. The van der Waals surface area contributed by atoms with E-state index in [0.29, 0.717) is 44.1 Å². The van der Waals surface area contributed by atoms with Gasteiger partial charge < -0.3 is 10.3 Å². The Hall–Kier alpha value is -2.07. The first-order valence-electron chi connectivity index (χ1n) is 7.88. The molecule has 0 atom stereocenters. The lowest BCUT2D eigenvalue weighted by molar-refractivity contribution is 0.528. The predicted molar refractivity (Wildman–Crippen MR) is 113 cm³/mol. The van der Waals surface area contributed by atoms with Crippen molar-refractivity contribution in [1.82, 2.24) is 25.1 Å². The molecule has 0 aliphatic carbocycles. The first kappa shape index (κ1) is 19.3. The number of nitrogens with two attached hydrogens (primary N) is 1. The van der Waals surface area contributed by atoms with Crippen LogP contribution >= 0.6 is 50.9 Å². The highest BCUT2D eigenvalue weighted by Gasteiger charge is 2.17. The molecule has 0 bridgehead atoms. The Morgan fingerprint density at radius 3 is 2.71 bits per heavy atom. The highest BCUT2D eigenvalue weighted by molar-refractivity contribution is 9.10. The molecular formula is C17H11BrCl2N6OS. The minimum atomic E-state index is 0.394. The molecular weight excluding hydrogens is 487 g/mol. The van der Waals surface area contributed by atoms with Gasteiger partial charge in [0.15, 0.2) is 5.82 Å². The third-order valence-corrected chi connectivity index (χ3v) is 5.67. The van der Waals surface area contributed by atoms with Crippen LogP contribution < -0.4 is 5.84 Å². The number of hydrogen-bond donors (Lipinski definition) is 1. The lowest BCUT2D eigenvalue weighted by Gasteiger charge is -2.05. The summed E-state index contributed by atoms with van der Waals surface area (Å²) in [7, 11) is 0. The number of nitrogen functional groups attached to an aromatic ring is 1. The van der Waals surface area contributed by atoms with Crippen LogP contribution in [0.15, 0.2) is 56.5 Å². The monoisotopic (exact) mass is 496 g/mol. The number of thioether (sulfide) groups is 1. The molecule has 0 radical (unpaired) electrons. The van der Waals surface area contributed by atoms with Crippen molar-refractivity contribution in [3.05, 3.63) is 62.9 Å². The lowest BCUT2D eigenvalue weighted by atomic mass is 10.2. The third-order valence-electron chi connectivity index (χ3n) is 3.70. The van der Waals surface area contributed by atoms with E-state index in [1.54, 1.807) is 18.2 Å². The largest absolute Gasteiger partial charge is 0.420 e. The molecule has 2 N–H and O–H groups in total. The van der Waals surface area contributed by atoms with Crippen molar-refractivity contribution in [2.24, 2.45) is 0 Å². The Morgan fingerprint density at radius 2 is 1.93 bits per heavy atom. The van der Waals surface area contributed by atoms with Gasteiger partial charge in [-0.2, -0.15) is 0 Å². The summed E-state index contributed by atoms with van der Waals surface area (Å²) in [4.78, 5) is 0. The van der Waals surface area contributed by atoms with Crippen molar-refractivity contribution in [3.8, 4) is 22.8 Å². The van der Waals surface area contributed by atoms with E-state index in [1.165, 1.54) is 16.4 Å². The predicted octanol–water partition coefficient (Wildman–Crippen LogP) is 5.07. The Bertz CT molecular complexity index is 1150. The first-order chi connectivity index (χ1) is 13.5. The van der Waals surface area contributed by atoms with Gasteiger partial charge in [0, 0.05) is 20.6 Å². The van der Waals surface area contributed by atoms with Gasteiger partial charge in [0.25, 0.3) is 0 Å². The van der Waals surface area contributed by atoms with Crippen LogP contribution in [0, 0.1) is 0 Å². The van der Waals surface area contributed by atoms with E-state index < -0.39 is 0 Å². The van der Waals surface area contributed by atoms with E-state index >= 15 is 0 Å². The highest BCUT2D eigenvalue weighted by atomic mass is 79.9. The maximum atomic E-state index is 6.23. The molecule has 0 saturated carbocycles. The summed E-state index contributed by atoms with van der Waals surface area (Å²) in [6.07, 6.45) is 0. The average Bonchev–Trinajstić information content (AvgIpc) is 3.27. The summed E-state index contributed by atoms with van der Waals surface area (Å²) in [5.74, 6) is 7.85. The summed E-state index contributed by atoms with van der Waals surface area (Å²) < 4.78 is 8.01. The van der Waals surface area contributed by atoms with Gasteiger partial charge in [-0.3, -0.25) is 0 Å². The molecule has 4 aromatic rings. The van der Waals surface area contributed by atoms with Crippen LogP contribution in [0.2, 0.25) is 10.0 Å². The standard InChI is InChI=1S/C17H11BrCl2N6OS/c18-10-3-1-2-9(6-10)16-24-22-14(27-16)8-28-17-25-23-15(26(17)21)12-5-4-11(19)7-13(12)20/h1-7H,8,21H2. The minimum absolute atomic E-state index is 0.394. The molecule has 142 valence electrons. The Kier molecular flexibility index (Phi) is 5.58. The maximum Gasteiger partial charge on any atom is 0.247 e. The van der Waals surface area contributed by atoms with Crippen LogP contribution in [-0.2, 0) is 5.75 Å². The fourth-order valence-electron chi connectivity index (χ4n) is 2.41. The molecule has 0 aliphatic heterocycles. The Balaban J connectivity index is 1.50. The van der Waals surface area contributed by atoms with E-state index in [0.717, 1.165) is 10.0 Å². The Labute approximate surface area is 182 Å². The molecule has 7 nitrogen and oxygen atoms in total. The number of aromatic nitrogens is 5. The van der Waals surface area contributed by atoms with Crippen LogP contribution in [0.5, 0.6) is 0 Å². The zero-order valence-electron chi connectivity index (χ0n) is 14.0. The fraction of sp³-hybridized carbons (Fsp3) is 0.0588. The van der Waals surface area contributed by atoms with Crippen molar-refractivity contribution in [2.75, 3.05) is 5.84 Å². The second-order valence-corrected chi connectivity index (χ2v) is 8.30. The fourth-order valence-corrected chi connectivity index (χ4v) is 3.99. The van der Waals surface area contributed by atoms with E-state index in [2.05, 4.69) is 36.3 Å². The summed E-state index contributed by atoms with van der Waals surface area (Å²) in [5, 5.41) is 17.8. The van der Waals surface area contributed by atoms with E-state index in [-0.39, 0.29) is 0 Å². The second kappa shape index (κ2) is 8.12. The summed E-state index contributed by atoms with van der Waals surface area (Å²) in [6.45, 7) is 0. The molecule has 0 amide bonds. The molecule has 2 heterocycles. The van der Waals surface area contributed by atoms with Gasteiger partial charge in [0.2, 0.25) is 16.9 Å². The molecule has 0 saturated heterocycles. The molecule has 0 fully saturated rings. The highest BCUT2D eigenvalue weighted by Crippen LogP contribution is 2.31. The summed E-state index contributed by atoms with van der Waals surface area (Å²) in [6, 6.07) is 12.7. The van der Waals surface area contributed by atoms with Crippen LogP contribution in [0.3, 0.4) is 0 Å². The van der Waals surface area contributed by atoms with E-state index in [4.69, 9.17) is 33.5 Å². The molecule has 0 aliphatic rings. The van der Waals surface area contributed by atoms with Crippen molar-refractivity contribution in [1.29, 1.82) is 0 Å². The van der Waals surface area contributed by atoms with Crippen LogP contribution in [0.1, 0.15) is 5.89 Å². The normalized spacial score (nSPS) is 11.1. The SMILES string of the molecule is Nn1c(SCc2nnc(-c3cccc(Br)c3)o2)nnc1-c1ccc(Cl)cc1Cl. The van der Waals surface area contributed by atoms with E-state index in [9.17, 15) is 0 Å². The first-order valence-corrected chi connectivity index (χ1v) is 10.4. The molecule has 4 rings (SSSR count). The van der Waals surface area contributed by atoms with Crippen molar-refractivity contribution >= 4 is 50.9 Å². The summed E-state index contributed by atoms with van der Waals surface area (Å²) in [5.41, 5.74) is 1.47. The van der Waals surface area contributed by atoms with Crippen molar-refractivity contribution in [3.63, 3.8) is 0 Å². The second-order valence-electron chi connectivity index (χ2n) is 5.60. The zero-order chi connectivity index (χ0) is 19.7. The quantitative estimate of drug-likeness (QED) is 0.303.